The third kappa shape index (κ3) is 4.76. The number of anilines is 1. The lowest BCUT2D eigenvalue weighted by molar-refractivity contribution is 0.0923. The van der Waals surface area contributed by atoms with E-state index in [0.29, 0.717) is 31.0 Å². The van der Waals surface area contributed by atoms with E-state index in [1.165, 1.54) is 30.3 Å². The van der Waals surface area contributed by atoms with Crippen LogP contribution in [0, 0.1) is 5.82 Å². The van der Waals surface area contributed by atoms with Crippen molar-refractivity contribution in [2.24, 2.45) is 0 Å². The fourth-order valence-corrected chi connectivity index (χ4v) is 3.59. The van der Waals surface area contributed by atoms with Crippen molar-refractivity contribution in [2.75, 3.05) is 24.7 Å². The van der Waals surface area contributed by atoms with Crippen LogP contribution < -0.4 is 19.7 Å². The molecule has 0 saturated carbocycles. The molecule has 34 heavy (non-hydrogen) atoms. The summed E-state index contributed by atoms with van der Waals surface area (Å²) in [5.41, 5.74) is 1.11. The number of carbonyl (C=O) groups excluding carboxylic acids is 3. The summed E-state index contributed by atoms with van der Waals surface area (Å²) < 4.78 is 24.3. The minimum absolute atomic E-state index is 0.160. The van der Waals surface area contributed by atoms with Crippen molar-refractivity contribution in [3.8, 4) is 11.5 Å². The Bertz CT molecular complexity index is 1230. The summed E-state index contributed by atoms with van der Waals surface area (Å²) >= 11 is 0. The highest BCUT2D eigenvalue weighted by Gasteiger charge is 2.37. The minimum Gasteiger partial charge on any atom is -0.494 e. The summed E-state index contributed by atoms with van der Waals surface area (Å²) in [6, 6.07) is 17.2. The second-order valence-corrected chi connectivity index (χ2v) is 7.52. The zero-order chi connectivity index (χ0) is 24.1. The van der Waals surface area contributed by atoms with E-state index in [2.05, 4.69) is 5.32 Å². The number of ether oxygens (including phenoxy) is 2. The standard InChI is InChI=1S/C26H23FN2O5/c1-2-33-19-11-9-18(10-12-19)29-25(31)20-13-8-17(16-21(20)26(29)32)24(30)28-14-5-15-34-23-7-4-3-6-22(23)27/h3-4,6-13,16H,2,5,14-15H2,1H3,(H,28,30). The maximum atomic E-state index is 13.5. The molecule has 0 bridgehead atoms. The highest BCUT2D eigenvalue weighted by Crippen LogP contribution is 2.30. The molecule has 7 nitrogen and oxygen atoms in total. The van der Waals surface area contributed by atoms with Crippen LogP contribution in [-0.2, 0) is 0 Å². The topological polar surface area (TPSA) is 84.9 Å². The van der Waals surface area contributed by atoms with Crippen LogP contribution in [0.15, 0.2) is 66.7 Å². The lowest BCUT2D eigenvalue weighted by Gasteiger charge is -2.14. The van der Waals surface area contributed by atoms with Crippen molar-refractivity contribution in [2.45, 2.75) is 13.3 Å². The van der Waals surface area contributed by atoms with Gasteiger partial charge in [-0.2, -0.15) is 0 Å². The minimum atomic E-state index is -0.489. The Hall–Kier alpha value is -4.20. The summed E-state index contributed by atoms with van der Waals surface area (Å²) in [5.74, 6) is -0.955. The number of para-hydroxylation sites is 1. The Morgan fingerprint density at radius 1 is 0.941 bits per heavy atom. The molecule has 0 unspecified atom stereocenters. The molecule has 3 aromatic carbocycles. The molecule has 0 fully saturated rings. The van der Waals surface area contributed by atoms with Gasteiger partial charge in [0.25, 0.3) is 17.7 Å². The van der Waals surface area contributed by atoms with Crippen LogP contribution in [0.1, 0.15) is 44.4 Å². The first-order valence-electron chi connectivity index (χ1n) is 10.9. The number of benzene rings is 3. The predicted octanol–water partition coefficient (Wildman–Crippen LogP) is 4.22. The fraction of sp³-hybridized carbons (Fsp3) is 0.192. The Morgan fingerprint density at radius 3 is 2.41 bits per heavy atom. The van der Waals surface area contributed by atoms with Crippen LogP contribution in [0.2, 0.25) is 0 Å². The van der Waals surface area contributed by atoms with Gasteiger partial charge in [0, 0.05) is 12.1 Å². The third-order valence-electron chi connectivity index (χ3n) is 5.26. The van der Waals surface area contributed by atoms with Crippen molar-refractivity contribution in [3.05, 3.63) is 89.2 Å². The normalized spacial score (nSPS) is 12.5. The zero-order valence-corrected chi connectivity index (χ0v) is 18.5. The Morgan fingerprint density at radius 2 is 1.68 bits per heavy atom. The number of nitrogens with one attached hydrogen (secondary N) is 1. The second kappa shape index (κ2) is 10.2. The van der Waals surface area contributed by atoms with Crippen molar-refractivity contribution in [3.63, 3.8) is 0 Å². The molecule has 1 aliphatic rings. The summed E-state index contributed by atoms with van der Waals surface area (Å²) in [6.07, 6.45) is 0.466. The molecule has 0 aliphatic carbocycles. The molecule has 174 valence electrons. The molecule has 1 N–H and O–H groups in total. The van der Waals surface area contributed by atoms with Crippen molar-refractivity contribution < 1.29 is 28.2 Å². The van der Waals surface area contributed by atoms with Gasteiger partial charge in [0.1, 0.15) is 5.75 Å². The zero-order valence-electron chi connectivity index (χ0n) is 18.5. The van der Waals surface area contributed by atoms with E-state index in [9.17, 15) is 18.8 Å². The van der Waals surface area contributed by atoms with Gasteiger partial charge in [-0.3, -0.25) is 14.4 Å². The molecule has 0 radical (unpaired) electrons. The number of amides is 3. The maximum Gasteiger partial charge on any atom is 0.266 e. The van der Waals surface area contributed by atoms with E-state index in [0.717, 1.165) is 4.90 Å². The van der Waals surface area contributed by atoms with E-state index >= 15 is 0 Å². The van der Waals surface area contributed by atoms with Crippen LogP contribution in [0.25, 0.3) is 0 Å². The smallest absolute Gasteiger partial charge is 0.266 e. The molecular weight excluding hydrogens is 439 g/mol. The molecule has 0 spiro atoms. The molecule has 8 heteroatoms. The van der Waals surface area contributed by atoms with Gasteiger partial charge in [-0.1, -0.05) is 12.1 Å². The Kier molecular flexibility index (Phi) is 6.87. The quantitative estimate of drug-likeness (QED) is 0.380. The number of fused-ring (bicyclic) bond motifs is 1. The van der Waals surface area contributed by atoms with Crippen LogP contribution in [-0.4, -0.2) is 37.5 Å². The first kappa shape index (κ1) is 23.0. The largest absolute Gasteiger partial charge is 0.494 e. The molecule has 4 rings (SSSR count). The van der Waals surface area contributed by atoms with E-state index in [1.807, 2.05) is 6.92 Å². The average molecular weight is 462 g/mol. The number of imide groups is 1. The fourth-order valence-electron chi connectivity index (χ4n) is 3.59. The van der Waals surface area contributed by atoms with Gasteiger partial charge >= 0.3 is 0 Å². The Balaban J connectivity index is 1.36. The number of carbonyl (C=O) groups is 3. The lowest BCUT2D eigenvalue weighted by Crippen LogP contribution is -2.29. The number of rotatable bonds is 9. The molecule has 0 saturated heterocycles. The molecule has 0 aromatic heterocycles. The second-order valence-electron chi connectivity index (χ2n) is 7.52. The number of hydrogen-bond donors (Lipinski definition) is 1. The van der Waals surface area contributed by atoms with Crippen LogP contribution in [0.5, 0.6) is 11.5 Å². The molecular formula is C26H23FN2O5. The van der Waals surface area contributed by atoms with Crippen molar-refractivity contribution in [1.82, 2.24) is 5.32 Å². The number of hydrogen-bond acceptors (Lipinski definition) is 5. The molecule has 3 amide bonds. The SMILES string of the molecule is CCOc1ccc(N2C(=O)c3ccc(C(=O)NCCCOc4ccccc4F)cc3C2=O)cc1. The third-order valence-corrected chi connectivity index (χ3v) is 5.26. The maximum absolute atomic E-state index is 13.5. The van der Waals surface area contributed by atoms with Crippen LogP contribution in [0.4, 0.5) is 10.1 Å². The van der Waals surface area contributed by atoms with E-state index in [1.54, 1.807) is 36.4 Å². The lowest BCUT2D eigenvalue weighted by atomic mass is 10.1. The number of halogens is 1. The van der Waals surface area contributed by atoms with Gasteiger partial charge < -0.3 is 14.8 Å². The molecule has 0 atom stereocenters. The van der Waals surface area contributed by atoms with E-state index in [-0.39, 0.29) is 35.0 Å². The summed E-state index contributed by atoms with van der Waals surface area (Å²) in [6.45, 7) is 2.91. The summed E-state index contributed by atoms with van der Waals surface area (Å²) in [5, 5.41) is 2.74. The van der Waals surface area contributed by atoms with E-state index in [4.69, 9.17) is 9.47 Å². The van der Waals surface area contributed by atoms with Gasteiger partial charge in [0.15, 0.2) is 11.6 Å². The summed E-state index contributed by atoms with van der Waals surface area (Å²) in [4.78, 5) is 39.4. The van der Waals surface area contributed by atoms with Gasteiger partial charge in [-0.25, -0.2) is 9.29 Å². The molecule has 1 heterocycles. The first-order valence-corrected chi connectivity index (χ1v) is 10.9. The monoisotopic (exact) mass is 462 g/mol. The van der Waals surface area contributed by atoms with Crippen LogP contribution in [0.3, 0.4) is 0 Å². The first-order chi connectivity index (χ1) is 16.5. The highest BCUT2D eigenvalue weighted by molar-refractivity contribution is 6.34. The molecule has 1 aliphatic heterocycles. The van der Waals surface area contributed by atoms with Crippen molar-refractivity contribution >= 4 is 23.4 Å². The highest BCUT2D eigenvalue weighted by atomic mass is 19.1. The predicted molar refractivity (Wildman–Crippen MR) is 124 cm³/mol. The van der Waals surface area contributed by atoms with Gasteiger partial charge in [-0.05, 0) is 67.9 Å². The van der Waals surface area contributed by atoms with Crippen molar-refractivity contribution in [1.29, 1.82) is 0 Å². The Labute approximate surface area is 196 Å². The van der Waals surface area contributed by atoms with Gasteiger partial charge in [0.05, 0.1) is 30.0 Å². The van der Waals surface area contributed by atoms with Gasteiger partial charge in [-0.15, -0.1) is 0 Å². The van der Waals surface area contributed by atoms with E-state index < -0.39 is 17.6 Å². The molecule has 3 aromatic rings. The van der Waals surface area contributed by atoms with Crippen LogP contribution >= 0.6 is 0 Å². The number of nitrogens with zero attached hydrogens (tertiary/aromatic N) is 1. The van der Waals surface area contributed by atoms with Gasteiger partial charge in [0.2, 0.25) is 0 Å². The summed E-state index contributed by atoms with van der Waals surface area (Å²) in [7, 11) is 0. The average Bonchev–Trinajstić information content (AvgIpc) is 3.10.